The van der Waals surface area contributed by atoms with Crippen molar-refractivity contribution >= 4 is 34.1 Å². The Morgan fingerprint density at radius 1 is 0.852 bits per heavy atom. The minimum absolute atomic E-state index is 0.0381. The molecule has 0 aromatic carbocycles. The van der Waals surface area contributed by atoms with Gasteiger partial charge in [-0.1, -0.05) is 38.5 Å². The number of thiophene rings is 1. The molecule has 5 heteroatoms. The molecule has 1 aromatic rings. The zero-order valence-corrected chi connectivity index (χ0v) is 16.8. The number of nitriles is 1. The monoisotopic (exact) mass is 384 g/mol. The minimum Gasteiger partial charge on any atom is -0.298 e. The SMILES string of the molecule is N#Cc1c(N=CC2C(=O)CCCC2=O)sc2c1CCCCCCCCCC2. The maximum Gasteiger partial charge on any atom is 0.148 e. The van der Waals surface area contributed by atoms with Crippen molar-refractivity contribution in [3.63, 3.8) is 0 Å². The molecule has 0 bridgehead atoms. The summed E-state index contributed by atoms with van der Waals surface area (Å²) in [6.07, 6.45) is 14.9. The molecule has 0 atom stereocenters. The van der Waals surface area contributed by atoms with E-state index >= 15 is 0 Å². The number of carbonyl (C=O) groups excluding carboxylic acids is 2. The lowest BCUT2D eigenvalue weighted by molar-refractivity contribution is -0.132. The number of nitrogens with zero attached hydrogens (tertiary/aromatic N) is 2. The van der Waals surface area contributed by atoms with Crippen molar-refractivity contribution in [2.75, 3.05) is 0 Å². The van der Waals surface area contributed by atoms with Crippen molar-refractivity contribution in [1.82, 2.24) is 0 Å². The third kappa shape index (κ3) is 5.13. The summed E-state index contributed by atoms with van der Waals surface area (Å²) in [4.78, 5) is 29.8. The average molecular weight is 385 g/mol. The first kappa shape index (κ1) is 19.9. The van der Waals surface area contributed by atoms with E-state index in [1.807, 2.05) is 0 Å². The van der Waals surface area contributed by atoms with Crippen LogP contribution in [0.4, 0.5) is 5.00 Å². The Balaban J connectivity index is 1.84. The fourth-order valence-corrected chi connectivity index (χ4v) is 5.25. The smallest absolute Gasteiger partial charge is 0.148 e. The van der Waals surface area contributed by atoms with E-state index in [-0.39, 0.29) is 11.6 Å². The van der Waals surface area contributed by atoms with E-state index in [2.05, 4.69) is 11.1 Å². The van der Waals surface area contributed by atoms with E-state index < -0.39 is 5.92 Å². The number of Topliss-reactive ketones (excluding diaryl/α,β-unsaturated/α-hetero) is 2. The molecule has 1 fully saturated rings. The predicted octanol–water partition coefficient (Wildman–Crippen LogP) is 5.48. The molecule has 2 aliphatic carbocycles. The zero-order valence-electron chi connectivity index (χ0n) is 16.0. The second kappa shape index (κ2) is 9.94. The van der Waals surface area contributed by atoms with Gasteiger partial charge < -0.3 is 0 Å². The maximum absolute atomic E-state index is 12.0. The minimum atomic E-state index is -0.714. The summed E-state index contributed by atoms with van der Waals surface area (Å²) in [5.41, 5.74) is 1.83. The summed E-state index contributed by atoms with van der Waals surface area (Å²) in [6.45, 7) is 0. The van der Waals surface area contributed by atoms with E-state index in [1.165, 1.54) is 49.6 Å². The van der Waals surface area contributed by atoms with Crippen molar-refractivity contribution in [2.24, 2.45) is 10.9 Å². The molecule has 0 unspecified atom stereocenters. The summed E-state index contributed by atoms with van der Waals surface area (Å²) >= 11 is 1.59. The van der Waals surface area contributed by atoms with Crippen molar-refractivity contribution in [3.05, 3.63) is 16.0 Å². The predicted molar refractivity (Wildman–Crippen MR) is 109 cm³/mol. The van der Waals surface area contributed by atoms with Crippen LogP contribution < -0.4 is 0 Å². The van der Waals surface area contributed by atoms with Crippen LogP contribution in [0.2, 0.25) is 0 Å². The van der Waals surface area contributed by atoms with Gasteiger partial charge in [0, 0.05) is 23.9 Å². The van der Waals surface area contributed by atoms with Gasteiger partial charge in [0.05, 0.1) is 5.56 Å². The van der Waals surface area contributed by atoms with Crippen molar-refractivity contribution in [2.45, 2.75) is 83.5 Å². The Kier molecular flexibility index (Phi) is 7.34. The molecule has 0 amide bonds. The molecule has 0 radical (unpaired) electrons. The van der Waals surface area contributed by atoms with Crippen LogP contribution in [0.3, 0.4) is 0 Å². The Hall–Kier alpha value is -1.80. The molecule has 3 rings (SSSR count). The molecule has 27 heavy (non-hydrogen) atoms. The van der Waals surface area contributed by atoms with Crippen molar-refractivity contribution < 1.29 is 9.59 Å². The number of aliphatic imine (C=N–C) groups is 1. The number of fused-ring (bicyclic) bond motifs is 1. The van der Waals surface area contributed by atoms with E-state index in [0.717, 1.165) is 31.2 Å². The van der Waals surface area contributed by atoms with Crippen LogP contribution >= 0.6 is 11.3 Å². The Morgan fingerprint density at radius 2 is 1.44 bits per heavy atom. The Morgan fingerprint density at radius 3 is 2.07 bits per heavy atom. The van der Waals surface area contributed by atoms with Gasteiger partial charge in [-0.25, -0.2) is 4.99 Å². The molecular formula is C22H28N2O2S. The first-order chi connectivity index (χ1) is 13.2. The topological polar surface area (TPSA) is 70.3 Å². The molecule has 0 spiro atoms. The summed E-state index contributed by atoms with van der Waals surface area (Å²) in [5, 5.41) is 10.4. The first-order valence-corrected chi connectivity index (χ1v) is 11.2. The molecule has 1 heterocycles. The highest BCUT2D eigenvalue weighted by molar-refractivity contribution is 7.16. The second-order valence-corrected chi connectivity index (χ2v) is 8.75. The van der Waals surface area contributed by atoms with E-state index in [4.69, 9.17) is 0 Å². The summed E-state index contributed by atoms with van der Waals surface area (Å²) < 4.78 is 0. The van der Waals surface area contributed by atoms with Gasteiger partial charge in [0.25, 0.3) is 0 Å². The van der Waals surface area contributed by atoms with Crippen LogP contribution in [-0.2, 0) is 22.4 Å². The summed E-state index contributed by atoms with van der Waals surface area (Å²) in [7, 11) is 0. The molecule has 144 valence electrons. The van der Waals surface area contributed by atoms with Gasteiger partial charge in [0.1, 0.15) is 28.6 Å². The number of ketones is 2. The number of hydrogen-bond acceptors (Lipinski definition) is 5. The van der Waals surface area contributed by atoms with Crippen LogP contribution in [0.15, 0.2) is 4.99 Å². The highest BCUT2D eigenvalue weighted by Gasteiger charge is 2.28. The fraction of sp³-hybridized carbons (Fsp3) is 0.636. The van der Waals surface area contributed by atoms with Crippen LogP contribution in [0.25, 0.3) is 0 Å². The fourth-order valence-electron chi connectivity index (χ4n) is 4.05. The highest BCUT2D eigenvalue weighted by atomic mass is 32.1. The van der Waals surface area contributed by atoms with Gasteiger partial charge in [0.2, 0.25) is 0 Å². The van der Waals surface area contributed by atoms with E-state index in [1.54, 1.807) is 11.3 Å². The van der Waals surface area contributed by atoms with Gasteiger partial charge in [0.15, 0.2) is 0 Å². The number of carbonyl (C=O) groups is 2. The van der Waals surface area contributed by atoms with Gasteiger partial charge >= 0.3 is 0 Å². The molecular weight excluding hydrogens is 356 g/mol. The van der Waals surface area contributed by atoms with Gasteiger partial charge in [-0.15, -0.1) is 11.3 Å². The highest BCUT2D eigenvalue weighted by Crippen LogP contribution is 2.37. The number of hydrogen-bond donors (Lipinski definition) is 0. The van der Waals surface area contributed by atoms with Crippen LogP contribution in [0.1, 0.15) is 86.6 Å². The Bertz CT molecular complexity index is 741. The first-order valence-electron chi connectivity index (χ1n) is 10.3. The van der Waals surface area contributed by atoms with E-state index in [9.17, 15) is 14.9 Å². The molecule has 1 saturated carbocycles. The van der Waals surface area contributed by atoms with E-state index in [0.29, 0.717) is 29.8 Å². The summed E-state index contributed by atoms with van der Waals surface area (Å²) in [5.74, 6) is -0.791. The lowest BCUT2D eigenvalue weighted by atomic mass is 9.88. The summed E-state index contributed by atoms with van der Waals surface area (Å²) in [6, 6.07) is 2.35. The quantitative estimate of drug-likeness (QED) is 0.501. The van der Waals surface area contributed by atoms with Gasteiger partial charge in [-0.3, -0.25) is 9.59 Å². The second-order valence-electron chi connectivity index (χ2n) is 7.67. The number of rotatable bonds is 2. The van der Waals surface area contributed by atoms with Crippen LogP contribution in [-0.4, -0.2) is 17.8 Å². The molecule has 1 aromatic heterocycles. The third-order valence-corrected chi connectivity index (χ3v) is 6.85. The van der Waals surface area contributed by atoms with Crippen molar-refractivity contribution in [1.29, 1.82) is 5.26 Å². The Labute approximate surface area is 165 Å². The van der Waals surface area contributed by atoms with Gasteiger partial charge in [-0.2, -0.15) is 5.26 Å². The number of aryl methyl sites for hydroxylation is 1. The molecule has 0 N–H and O–H groups in total. The lowest BCUT2D eigenvalue weighted by Crippen LogP contribution is -2.29. The average Bonchev–Trinajstić information content (AvgIpc) is 2.97. The normalized spacial score (nSPS) is 20.7. The molecule has 2 aliphatic rings. The lowest BCUT2D eigenvalue weighted by Gasteiger charge is -2.14. The molecule has 0 aliphatic heterocycles. The standard InChI is InChI=1S/C22H28N2O2S/c23-14-17-16-10-7-5-3-1-2-4-6-8-13-21(16)27-22(17)24-15-18-19(25)11-9-12-20(18)26/h15,18H,1-13H2. The maximum atomic E-state index is 12.0. The van der Waals surface area contributed by atoms with Gasteiger partial charge in [-0.05, 0) is 37.7 Å². The molecule has 0 saturated heterocycles. The third-order valence-electron chi connectivity index (χ3n) is 5.65. The largest absolute Gasteiger partial charge is 0.298 e. The van der Waals surface area contributed by atoms with Crippen molar-refractivity contribution in [3.8, 4) is 6.07 Å². The molecule has 4 nitrogen and oxygen atoms in total. The zero-order chi connectivity index (χ0) is 19.1. The van der Waals surface area contributed by atoms with Crippen LogP contribution in [0.5, 0.6) is 0 Å². The van der Waals surface area contributed by atoms with Crippen LogP contribution in [0, 0.1) is 17.2 Å².